The van der Waals surface area contributed by atoms with Crippen molar-refractivity contribution in [3.63, 3.8) is 0 Å². The Morgan fingerprint density at radius 1 is 0.862 bits per heavy atom. The van der Waals surface area contributed by atoms with Gasteiger partial charge in [-0.15, -0.1) is 0 Å². The first-order chi connectivity index (χ1) is 13.2. The van der Waals surface area contributed by atoms with Gasteiger partial charge in [0.15, 0.2) is 11.4 Å². The molecule has 2 atom stereocenters. The number of benzene rings is 2. The van der Waals surface area contributed by atoms with E-state index in [-0.39, 0.29) is 15.6 Å². The third-order valence-corrected chi connectivity index (χ3v) is 6.04. The van der Waals surface area contributed by atoms with Gasteiger partial charge in [-0.2, -0.15) is 27.3 Å². The largest absolute Gasteiger partial charge is 0.595 e. The number of rotatable bonds is 6. The lowest BCUT2D eigenvalue weighted by atomic mass is 10.1. The highest BCUT2D eigenvalue weighted by molar-refractivity contribution is 9.15. The molecule has 2 rings (SSSR count). The summed E-state index contributed by atoms with van der Waals surface area (Å²) in [6, 6.07) is 5.65. The minimum Gasteiger partial charge on any atom is -0.595 e. The third kappa shape index (κ3) is 5.65. The number of quaternary nitrogens is 2. The van der Waals surface area contributed by atoms with Crippen LogP contribution < -0.4 is 10.5 Å². The van der Waals surface area contributed by atoms with Crippen molar-refractivity contribution < 1.29 is 46.8 Å². The van der Waals surface area contributed by atoms with Gasteiger partial charge < -0.3 is 10.4 Å². The zero-order chi connectivity index (χ0) is 22.1. The van der Waals surface area contributed by atoms with Gasteiger partial charge in [0.2, 0.25) is 0 Å². The summed E-state index contributed by atoms with van der Waals surface area (Å²) in [7, 11) is -9.71. The van der Waals surface area contributed by atoms with E-state index in [1.165, 1.54) is 0 Å². The summed E-state index contributed by atoms with van der Waals surface area (Å²) in [6.45, 7) is 0. The van der Waals surface area contributed by atoms with Crippen molar-refractivity contribution in [2.45, 2.75) is 9.79 Å². The highest BCUT2D eigenvalue weighted by Gasteiger charge is 2.22. The maximum atomic E-state index is 11.6. The van der Waals surface area contributed by atoms with Crippen molar-refractivity contribution in [3.8, 4) is 0 Å². The Morgan fingerprint density at radius 3 is 1.76 bits per heavy atom. The van der Waals surface area contributed by atoms with Gasteiger partial charge >= 0.3 is 0 Å². The predicted octanol–water partition coefficient (Wildman–Crippen LogP) is -0.120. The molecule has 0 heterocycles. The second-order valence-electron chi connectivity index (χ2n) is 5.52. The summed E-state index contributed by atoms with van der Waals surface area (Å²) in [5.41, 5.74) is -1.25. The maximum Gasteiger partial charge on any atom is 0.295 e. The fourth-order valence-electron chi connectivity index (χ4n) is 2.29. The summed E-state index contributed by atoms with van der Waals surface area (Å²) >= 11 is 3.02. The lowest BCUT2D eigenvalue weighted by Crippen LogP contribution is -2.99. The number of nitrogens with one attached hydrogen (secondary N) is 2. The third-order valence-electron chi connectivity index (χ3n) is 3.58. The molecule has 0 saturated heterocycles. The molecule has 2 aromatic carbocycles. The van der Waals surface area contributed by atoms with Gasteiger partial charge in [0, 0.05) is 34.3 Å². The highest BCUT2D eigenvalue weighted by atomic mass is 79.9. The Morgan fingerprint density at radius 2 is 1.31 bits per heavy atom. The van der Waals surface area contributed by atoms with Gasteiger partial charge in [0.25, 0.3) is 20.2 Å². The smallest absolute Gasteiger partial charge is 0.295 e. The predicted molar refractivity (Wildman–Crippen MR) is 101 cm³/mol. The molecule has 29 heavy (non-hydrogen) atoms. The van der Waals surface area contributed by atoms with Gasteiger partial charge in [-0.05, 0) is 23.8 Å². The van der Waals surface area contributed by atoms with E-state index in [1.54, 1.807) is 0 Å². The molecule has 0 aliphatic carbocycles. The van der Waals surface area contributed by atoms with Crippen molar-refractivity contribution >= 4 is 58.1 Å². The second kappa shape index (κ2) is 8.54. The van der Waals surface area contributed by atoms with Gasteiger partial charge in [-0.3, -0.25) is 9.11 Å². The molecule has 15 heteroatoms. The van der Waals surface area contributed by atoms with E-state index in [0.717, 1.165) is 30.3 Å². The van der Waals surface area contributed by atoms with Crippen molar-refractivity contribution in [3.05, 3.63) is 57.9 Å². The molecule has 2 aromatic rings. The molecule has 0 aromatic heterocycles. The average molecular weight is 513 g/mol. The molecule has 0 aliphatic rings. The van der Waals surface area contributed by atoms with Gasteiger partial charge in [0.05, 0.1) is 0 Å². The second-order valence-corrected chi connectivity index (χ2v) is 9.15. The summed E-state index contributed by atoms with van der Waals surface area (Å²) in [4.78, 5) is -1.53. The normalized spacial score (nSPS) is 15.2. The number of halogens is 1. The SMILES string of the molecule is O=S(=O)(O)c1cc([NH+]([O-])O)ccc1C=C(Br)c1ccc([NH+]([O-])O)cc1S(=O)(=O)O. The summed E-state index contributed by atoms with van der Waals surface area (Å²) < 4.78 is 65.2. The first-order valence-corrected chi connectivity index (χ1v) is 11.0. The van der Waals surface area contributed by atoms with Crippen LogP contribution in [0.25, 0.3) is 10.6 Å². The molecule has 12 nitrogen and oxygen atoms in total. The molecule has 0 spiro atoms. The molecule has 0 bridgehead atoms. The summed E-state index contributed by atoms with van der Waals surface area (Å²) in [6.07, 6.45) is 1.05. The minimum absolute atomic E-state index is 0.102. The monoisotopic (exact) mass is 512 g/mol. The molecule has 6 N–H and O–H groups in total. The molecule has 158 valence electrons. The Hall–Kier alpha value is -1.76. The Bertz CT molecular complexity index is 1180. The zero-order valence-electron chi connectivity index (χ0n) is 14.0. The van der Waals surface area contributed by atoms with E-state index < -0.39 is 51.9 Å². The molecule has 0 aliphatic heterocycles. The Labute approximate surface area is 172 Å². The van der Waals surface area contributed by atoms with Crippen molar-refractivity contribution in [2.24, 2.45) is 0 Å². The van der Waals surface area contributed by atoms with E-state index in [2.05, 4.69) is 15.9 Å². The topological polar surface area (TPSA) is 204 Å². The lowest BCUT2D eigenvalue weighted by molar-refractivity contribution is -0.991. The Balaban J connectivity index is 2.72. The fourth-order valence-corrected chi connectivity index (χ4v) is 4.45. The molecular weight excluding hydrogens is 500 g/mol. The first-order valence-electron chi connectivity index (χ1n) is 7.29. The fraction of sp³-hybridized carbons (Fsp3) is 0. The molecule has 0 radical (unpaired) electrons. The van der Waals surface area contributed by atoms with Crippen molar-refractivity contribution in [2.75, 3.05) is 0 Å². The summed E-state index contributed by atoms with van der Waals surface area (Å²) in [5, 5.41) is 37.2. The van der Waals surface area contributed by atoms with Crippen LogP contribution in [0.15, 0.2) is 46.2 Å². The maximum absolute atomic E-state index is 11.6. The van der Waals surface area contributed by atoms with Crippen molar-refractivity contribution in [1.82, 2.24) is 0 Å². The van der Waals surface area contributed by atoms with Gasteiger partial charge in [-0.25, -0.2) is 10.4 Å². The van der Waals surface area contributed by atoms with Crippen LogP contribution in [0.4, 0.5) is 11.4 Å². The zero-order valence-corrected chi connectivity index (χ0v) is 17.2. The van der Waals surface area contributed by atoms with Crippen LogP contribution in [0.5, 0.6) is 0 Å². The summed E-state index contributed by atoms with van der Waals surface area (Å²) in [5.74, 6) is 0. The van der Waals surface area contributed by atoms with Crippen LogP contribution in [0.1, 0.15) is 11.1 Å². The molecule has 0 saturated carbocycles. The number of hydrogen-bond acceptors (Lipinski definition) is 8. The molecular formula is C14H13BrN2O10S2. The quantitative estimate of drug-likeness (QED) is 0.172. The van der Waals surface area contributed by atoms with Crippen LogP contribution in [0, 0.1) is 10.4 Å². The van der Waals surface area contributed by atoms with E-state index in [4.69, 9.17) is 10.4 Å². The van der Waals surface area contributed by atoms with Crippen LogP contribution in [0.2, 0.25) is 0 Å². The van der Waals surface area contributed by atoms with Crippen molar-refractivity contribution in [1.29, 1.82) is 0 Å². The standard InChI is InChI=1S/C14H13BrN2O10S2/c15-12(11-4-3-10(17(20)21)7-14(11)29(25,26)27)5-8-1-2-9(16(18)19)6-13(8)28(22,23)24/h1-7,16-18,20H,(H,22,23,24)(H,25,26,27). The number of hydrogen-bond donors (Lipinski definition) is 6. The van der Waals surface area contributed by atoms with Gasteiger partial charge in [0.1, 0.15) is 9.79 Å². The van der Waals surface area contributed by atoms with E-state index in [0.29, 0.717) is 12.1 Å². The van der Waals surface area contributed by atoms with Crippen LogP contribution in [-0.4, -0.2) is 36.4 Å². The van der Waals surface area contributed by atoms with Crippen LogP contribution >= 0.6 is 15.9 Å². The molecule has 0 fully saturated rings. The lowest BCUT2D eigenvalue weighted by Gasteiger charge is -2.15. The minimum atomic E-state index is -4.86. The Kier molecular flexibility index (Phi) is 6.93. The highest BCUT2D eigenvalue weighted by Crippen LogP contribution is 2.33. The average Bonchev–Trinajstić information content (AvgIpc) is 2.59. The van der Waals surface area contributed by atoms with E-state index in [9.17, 15) is 36.4 Å². The first kappa shape index (κ1) is 23.5. The molecule has 0 amide bonds. The van der Waals surface area contributed by atoms with Crippen LogP contribution in [0.3, 0.4) is 0 Å². The van der Waals surface area contributed by atoms with Crippen LogP contribution in [-0.2, 0) is 20.2 Å². The van der Waals surface area contributed by atoms with E-state index >= 15 is 0 Å². The van der Waals surface area contributed by atoms with Gasteiger partial charge in [-0.1, -0.05) is 15.9 Å². The van der Waals surface area contributed by atoms with E-state index in [1.807, 2.05) is 0 Å². The molecule has 2 unspecified atom stereocenters.